The molecular weight excluding hydrogens is 230 g/mol. The van der Waals surface area contributed by atoms with Gasteiger partial charge in [-0.25, -0.2) is 0 Å². The molecule has 0 amide bonds. The first-order chi connectivity index (χ1) is 8.61. The van der Waals surface area contributed by atoms with Crippen LogP contribution in [-0.2, 0) is 4.74 Å². The summed E-state index contributed by atoms with van der Waals surface area (Å²) in [4.78, 5) is 2.18. The van der Waals surface area contributed by atoms with Gasteiger partial charge in [0, 0.05) is 24.3 Å². The monoisotopic (exact) mass is 251 g/mol. The summed E-state index contributed by atoms with van der Waals surface area (Å²) in [6.45, 7) is 5.23. The van der Waals surface area contributed by atoms with Crippen LogP contribution >= 0.6 is 0 Å². The molecule has 4 heteroatoms. The molecule has 18 heavy (non-hydrogen) atoms. The number of morpholine rings is 1. The van der Waals surface area contributed by atoms with E-state index in [0.29, 0.717) is 6.54 Å². The Morgan fingerprint density at radius 2 is 2.11 bits per heavy atom. The third kappa shape index (κ3) is 2.83. The Morgan fingerprint density at radius 3 is 2.78 bits per heavy atom. The van der Waals surface area contributed by atoms with Crippen LogP contribution < -0.4 is 4.90 Å². The first kappa shape index (κ1) is 13.3. The van der Waals surface area contributed by atoms with Crippen molar-refractivity contribution in [1.82, 2.24) is 0 Å². The number of nitrogens with zero attached hydrogens (tertiary/aromatic N) is 1. The Kier molecular flexibility index (Phi) is 4.22. The van der Waals surface area contributed by atoms with Crippen molar-refractivity contribution in [2.45, 2.75) is 32.2 Å². The molecule has 2 N–H and O–H groups in total. The summed E-state index contributed by atoms with van der Waals surface area (Å²) in [7, 11) is 0. The van der Waals surface area contributed by atoms with Crippen LogP contribution in [-0.4, -0.2) is 42.1 Å². The molecule has 0 saturated carbocycles. The van der Waals surface area contributed by atoms with Crippen molar-refractivity contribution >= 4 is 5.69 Å². The number of hydrogen-bond donors (Lipinski definition) is 2. The molecule has 1 saturated heterocycles. The Bertz CT molecular complexity index is 394. The Hall–Kier alpha value is -1.10. The highest BCUT2D eigenvalue weighted by atomic mass is 16.5. The zero-order valence-electron chi connectivity index (χ0n) is 10.9. The zero-order chi connectivity index (χ0) is 13.1. The molecule has 1 fully saturated rings. The number of ether oxygens (including phenoxy) is 1. The molecule has 1 aromatic carbocycles. The van der Waals surface area contributed by atoms with Gasteiger partial charge in [0.25, 0.3) is 0 Å². The van der Waals surface area contributed by atoms with E-state index in [-0.39, 0.29) is 18.8 Å². The molecule has 0 radical (unpaired) electrons. The fourth-order valence-electron chi connectivity index (χ4n) is 2.47. The average molecular weight is 251 g/mol. The predicted octanol–water partition coefficient (Wildman–Crippen LogP) is 1.33. The third-order valence-corrected chi connectivity index (χ3v) is 3.26. The fraction of sp³-hybridized carbons (Fsp3) is 0.571. The Morgan fingerprint density at radius 1 is 1.39 bits per heavy atom. The molecular formula is C14H21NO3. The SMILES string of the molecule is CC1CN(c2ccccc2[C@@H](C)O)CC(CO)O1. The molecule has 0 spiro atoms. The van der Waals surface area contributed by atoms with Crippen LogP contribution in [0, 0.1) is 0 Å². The van der Waals surface area contributed by atoms with E-state index in [1.165, 1.54) is 0 Å². The molecule has 2 unspecified atom stereocenters. The summed E-state index contributed by atoms with van der Waals surface area (Å²) in [6, 6.07) is 7.84. The van der Waals surface area contributed by atoms with E-state index in [1.807, 2.05) is 31.2 Å². The quantitative estimate of drug-likeness (QED) is 0.851. The number of aliphatic hydroxyl groups excluding tert-OH is 2. The van der Waals surface area contributed by atoms with Crippen LogP contribution in [0.5, 0.6) is 0 Å². The van der Waals surface area contributed by atoms with Crippen molar-refractivity contribution in [2.75, 3.05) is 24.6 Å². The maximum atomic E-state index is 9.82. The minimum absolute atomic E-state index is 0.0255. The van der Waals surface area contributed by atoms with Gasteiger partial charge in [0.2, 0.25) is 0 Å². The van der Waals surface area contributed by atoms with E-state index in [9.17, 15) is 10.2 Å². The highest BCUT2D eigenvalue weighted by Crippen LogP contribution is 2.28. The lowest BCUT2D eigenvalue weighted by Crippen LogP contribution is -2.48. The summed E-state index contributed by atoms with van der Waals surface area (Å²) in [5.74, 6) is 0. The van der Waals surface area contributed by atoms with Crippen LogP contribution in [0.25, 0.3) is 0 Å². The highest BCUT2D eigenvalue weighted by Gasteiger charge is 2.26. The predicted molar refractivity (Wildman–Crippen MR) is 70.7 cm³/mol. The molecule has 3 atom stereocenters. The molecule has 0 aliphatic carbocycles. The number of hydrogen-bond acceptors (Lipinski definition) is 4. The number of anilines is 1. The van der Waals surface area contributed by atoms with Gasteiger partial charge in [-0.3, -0.25) is 0 Å². The van der Waals surface area contributed by atoms with Crippen molar-refractivity contribution in [3.05, 3.63) is 29.8 Å². The summed E-state index contributed by atoms with van der Waals surface area (Å²) in [5.41, 5.74) is 1.95. The van der Waals surface area contributed by atoms with Crippen LogP contribution in [0.4, 0.5) is 5.69 Å². The molecule has 0 bridgehead atoms. The van der Waals surface area contributed by atoms with Crippen molar-refractivity contribution in [3.8, 4) is 0 Å². The maximum absolute atomic E-state index is 9.82. The molecule has 1 aliphatic rings. The summed E-state index contributed by atoms with van der Waals surface area (Å²) in [5, 5.41) is 19.1. The van der Waals surface area contributed by atoms with Crippen molar-refractivity contribution in [1.29, 1.82) is 0 Å². The van der Waals surface area contributed by atoms with Crippen LogP contribution in [0.3, 0.4) is 0 Å². The van der Waals surface area contributed by atoms with Crippen molar-refractivity contribution in [3.63, 3.8) is 0 Å². The summed E-state index contributed by atoms with van der Waals surface area (Å²) >= 11 is 0. The van der Waals surface area contributed by atoms with E-state index in [4.69, 9.17) is 4.74 Å². The summed E-state index contributed by atoms with van der Waals surface area (Å²) < 4.78 is 5.63. The van der Waals surface area contributed by atoms with Gasteiger partial charge in [0.15, 0.2) is 0 Å². The van der Waals surface area contributed by atoms with E-state index < -0.39 is 6.10 Å². The third-order valence-electron chi connectivity index (χ3n) is 3.26. The average Bonchev–Trinajstić information content (AvgIpc) is 2.38. The van der Waals surface area contributed by atoms with Gasteiger partial charge in [-0.1, -0.05) is 18.2 Å². The van der Waals surface area contributed by atoms with Crippen molar-refractivity contribution in [2.24, 2.45) is 0 Å². The number of para-hydroxylation sites is 1. The molecule has 1 aliphatic heterocycles. The second-order valence-electron chi connectivity index (χ2n) is 4.89. The first-order valence-electron chi connectivity index (χ1n) is 6.40. The minimum atomic E-state index is -0.494. The zero-order valence-corrected chi connectivity index (χ0v) is 10.9. The van der Waals surface area contributed by atoms with E-state index in [0.717, 1.165) is 17.8 Å². The number of aliphatic hydroxyl groups is 2. The van der Waals surface area contributed by atoms with Gasteiger partial charge in [-0.2, -0.15) is 0 Å². The lowest BCUT2D eigenvalue weighted by molar-refractivity contribution is -0.0422. The molecule has 2 rings (SSSR count). The van der Waals surface area contributed by atoms with Gasteiger partial charge in [0.1, 0.15) is 0 Å². The van der Waals surface area contributed by atoms with E-state index in [1.54, 1.807) is 6.92 Å². The second-order valence-corrected chi connectivity index (χ2v) is 4.89. The van der Waals surface area contributed by atoms with Gasteiger partial charge in [-0.05, 0) is 19.9 Å². The topological polar surface area (TPSA) is 52.9 Å². The normalized spacial score (nSPS) is 26.1. The van der Waals surface area contributed by atoms with Crippen molar-refractivity contribution < 1.29 is 14.9 Å². The smallest absolute Gasteiger partial charge is 0.0984 e. The van der Waals surface area contributed by atoms with Crippen LogP contribution in [0.15, 0.2) is 24.3 Å². The minimum Gasteiger partial charge on any atom is -0.394 e. The lowest BCUT2D eigenvalue weighted by atomic mass is 10.1. The lowest BCUT2D eigenvalue weighted by Gasteiger charge is -2.38. The summed E-state index contributed by atoms with van der Waals surface area (Å²) in [6.07, 6.45) is -0.569. The van der Waals surface area contributed by atoms with Gasteiger partial charge < -0.3 is 19.8 Å². The molecule has 0 aromatic heterocycles. The fourth-order valence-corrected chi connectivity index (χ4v) is 2.47. The van der Waals surface area contributed by atoms with Gasteiger partial charge in [0.05, 0.1) is 24.9 Å². The number of benzene rings is 1. The molecule has 1 aromatic rings. The molecule has 4 nitrogen and oxygen atoms in total. The van der Waals surface area contributed by atoms with Crippen LogP contribution in [0.2, 0.25) is 0 Å². The second kappa shape index (κ2) is 5.69. The largest absolute Gasteiger partial charge is 0.394 e. The van der Waals surface area contributed by atoms with E-state index in [2.05, 4.69) is 4.90 Å². The standard InChI is InChI=1S/C14H21NO3/c1-10-7-15(8-12(9-16)18-10)14-6-4-3-5-13(14)11(2)17/h3-6,10-12,16-17H,7-9H2,1-2H3/t10?,11-,12?/m1/s1. The Labute approximate surface area is 108 Å². The van der Waals surface area contributed by atoms with Gasteiger partial charge >= 0.3 is 0 Å². The van der Waals surface area contributed by atoms with E-state index >= 15 is 0 Å². The molecule has 100 valence electrons. The van der Waals surface area contributed by atoms with Gasteiger partial charge in [-0.15, -0.1) is 0 Å². The first-order valence-corrected chi connectivity index (χ1v) is 6.40. The highest BCUT2D eigenvalue weighted by molar-refractivity contribution is 5.55. The molecule has 1 heterocycles. The number of rotatable bonds is 3. The van der Waals surface area contributed by atoms with Crippen LogP contribution in [0.1, 0.15) is 25.5 Å². The maximum Gasteiger partial charge on any atom is 0.0984 e. The Balaban J connectivity index is 2.25.